The van der Waals surface area contributed by atoms with Gasteiger partial charge in [-0.15, -0.1) is 0 Å². The van der Waals surface area contributed by atoms with Crippen molar-refractivity contribution in [2.75, 3.05) is 13.1 Å². The summed E-state index contributed by atoms with van der Waals surface area (Å²) in [5.74, 6) is 1.01. The number of benzene rings is 1. The highest BCUT2D eigenvalue weighted by molar-refractivity contribution is 5.86. The molecule has 1 aromatic heterocycles. The number of nitrogens with one attached hydrogen (secondary N) is 1. The summed E-state index contributed by atoms with van der Waals surface area (Å²) in [6.07, 6.45) is 6.27. The Labute approximate surface area is 121 Å². The fraction of sp³-hybridized carbons (Fsp3) is 0.471. The van der Waals surface area contributed by atoms with Crippen LogP contribution in [0.25, 0.3) is 10.8 Å². The van der Waals surface area contributed by atoms with Crippen molar-refractivity contribution in [1.82, 2.24) is 10.3 Å². The number of ether oxygens (including phenoxy) is 1. The van der Waals surface area contributed by atoms with E-state index in [-0.39, 0.29) is 0 Å². The Morgan fingerprint density at radius 2 is 1.90 bits per heavy atom. The number of aromatic nitrogens is 1. The molecule has 0 saturated carbocycles. The van der Waals surface area contributed by atoms with E-state index in [9.17, 15) is 0 Å². The maximum Gasteiger partial charge on any atom is 0.123 e. The van der Waals surface area contributed by atoms with E-state index in [1.54, 1.807) is 0 Å². The average Bonchev–Trinajstić information content (AvgIpc) is 2.53. The molecule has 0 spiro atoms. The number of nitrogens with zero attached hydrogens (tertiary/aromatic N) is 1. The van der Waals surface area contributed by atoms with Crippen molar-refractivity contribution in [3.8, 4) is 5.75 Å². The number of hydrogen-bond donors (Lipinski definition) is 1. The maximum absolute atomic E-state index is 6.13. The van der Waals surface area contributed by atoms with Gasteiger partial charge in [0.2, 0.25) is 0 Å². The SMILES string of the molecule is CC.Cc1c(OC2CCNCC2)ccc2cnccc12. The molecular formula is C17H24N2O. The number of piperidine rings is 1. The Kier molecular flexibility index (Phi) is 5.36. The number of fused-ring (bicyclic) bond motifs is 1. The quantitative estimate of drug-likeness (QED) is 0.905. The zero-order valence-electron chi connectivity index (χ0n) is 12.6. The van der Waals surface area contributed by atoms with Crippen LogP contribution < -0.4 is 10.1 Å². The average molecular weight is 272 g/mol. The van der Waals surface area contributed by atoms with Crippen molar-refractivity contribution in [1.29, 1.82) is 0 Å². The normalized spacial score (nSPS) is 15.6. The first-order chi connectivity index (χ1) is 9.84. The van der Waals surface area contributed by atoms with Gasteiger partial charge in [-0.2, -0.15) is 0 Å². The lowest BCUT2D eigenvalue weighted by Crippen LogP contribution is -2.34. The van der Waals surface area contributed by atoms with Gasteiger partial charge in [-0.25, -0.2) is 0 Å². The first kappa shape index (κ1) is 14.8. The molecular weight excluding hydrogens is 248 g/mol. The van der Waals surface area contributed by atoms with Crippen molar-refractivity contribution in [3.05, 3.63) is 36.2 Å². The second kappa shape index (κ2) is 7.25. The molecule has 1 aliphatic rings. The van der Waals surface area contributed by atoms with E-state index in [1.807, 2.05) is 26.2 Å². The van der Waals surface area contributed by atoms with E-state index in [2.05, 4.69) is 35.4 Å². The fourth-order valence-electron chi connectivity index (χ4n) is 2.52. The summed E-state index contributed by atoms with van der Waals surface area (Å²) in [6.45, 7) is 8.24. The summed E-state index contributed by atoms with van der Waals surface area (Å²) in [4.78, 5) is 4.15. The van der Waals surface area contributed by atoms with E-state index in [0.29, 0.717) is 6.10 Å². The molecule has 0 atom stereocenters. The lowest BCUT2D eigenvalue weighted by atomic mass is 10.1. The number of pyridine rings is 1. The molecule has 3 heteroatoms. The van der Waals surface area contributed by atoms with Crippen LogP contribution in [0.3, 0.4) is 0 Å². The van der Waals surface area contributed by atoms with Crippen LogP contribution in [0.4, 0.5) is 0 Å². The van der Waals surface area contributed by atoms with Gasteiger partial charge >= 0.3 is 0 Å². The molecule has 108 valence electrons. The maximum atomic E-state index is 6.13. The van der Waals surface area contributed by atoms with E-state index in [4.69, 9.17) is 4.74 Å². The molecule has 0 radical (unpaired) electrons. The summed E-state index contributed by atoms with van der Waals surface area (Å²) in [5, 5.41) is 5.76. The molecule has 0 amide bonds. The van der Waals surface area contributed by atoms with Gasteiger partial charge in [-0.1, -0.05) is 13.8 Å². The Morgan fingerprint density at radius 3 is 2.65 bits per heavy atom. The van der Waals surface area contributed by atoms with Crippen LogP contribution in [0.5, 0.6) is 5.75 Å². The summed E-state index contributed by atoms with van der Waals surface area (Å²) in [6, 6.07) is 6.22. The molecule has 1 aromatic carbocycles. The number of hydrogen-bond acceptors (Lipinski definition) is 3. The lowest BCUT2D eigenvalue weighted by molar-refractivity contribution is 0.161. The van der Waals surface area contributed by atoms with Gasteiger partial charge in [0, 0.05) is 17.8 Å². The standard InChI is InChI=1S/C15H18N2O.C2H6/c1-11-14-6-9-17-10-12(14)2-3-15(11)18-13-4-7-16-8-5-13;1-2/h2-3,6,9-10,13,16H,4-5,7-8H2,1H3;1-2H3. The van der Waals surface area contributed by atoms with Gasteiger partial charge in [0.1, 0.15) is 11.9 Å². The van der Waals surface area contributed by atoms with E-state index < -0.39 is 0 Å². The highest BCUT2D eigenvalue weighted by Gasteiger charge is 2.15. The molecule has 0 unspecified atom stereocenters. The number of rotatable bonds is 2. The molecule has 1 N–H and O–H groups in total. The second-order valence-electron chi connectivity index (χ2n) is 4.85. The van der Waals surface area contributed by atoms with Crippen LogP contribution in [0, 0.1) is 6.92 Å². The molecule has 3 rings (SSSR count). The van der Waals surface area contributed by atoms with Crippen LogP contribution in [0.15, 0.2) is 30.6 Å². The molecule has 3 nitrogen and oxygen atoms in total. The lowest BCUT2D eigenvalue weighted by Gasteiger charge is -2.25. The first-order valence-corrected chi connectivity index (χ1v) is 7.55. The Morgan fingerprint density at radius 1 is 1.15 bits per heavy atom. The molecule has 1 aliphatic heterocycles. The summed E-state index contributed by atoms with van der Waals surface area (Å²) in [5.41, 5.74) is 1.22. The number of aryl methyl sites for hydroxylation is 1. The topological polar surface area (TPSA) is 34.1 Å². The Balaban J connectivity index is 0.000000704. The molecule has 1 fully saturated rings. The van der Waals surface area contributed by atoms with Crippen LogP contribution >= 0.6 is 0 Å². The van der Waals surface area contributed by atoms with Gasteiger partial charge < -0.3 is 10.1 Å². The van der Waals surface area contributed by atoms with Crippen LogP contribution in [0.2, 0.25) is 0 Å². The van der Waals surface area contributed by atoms with Crippen molar-refractivity contribution in [3.63, 3.8) is 0 Å². The second-order valence-corrected chi connectivity index (χ2v) is 4.85. The van der Waals surface area contributed by atoms with E-state index in [0.717, 1.165) is 31.7 Å². The van der Waals surface area contributed by atoms with Gasteiger partial charge in [-0.3, -0.25) is 4.98 Å². The largest absolute Gasteiger partial charge is 0.490 e. The van der Waals surface area contributed by atoms with Gasteiger partial charge in [0.25, 0.3) is 0 Å². The Hall–Kier alpha value is -1.61. The van der Waals surface area contributed by atoms with Crippen molar-refractivity contribution >= 4 is 10.8 Å². The molecule has 20 heavy (non-hydrogen) atoms. The van der Waals surface area contributed by atoms with Crippen molar-refractivity contribution < 1.29 is 4.74 Å². The van der Waals surface area contributed by atoms with Gasteiger partial charge in [0.15, 0.2) is 0 Å². The fourth-order valence-corrected chi connectivity index (χ4v) is 2.52. The predicted molar refractivity (Wildman–Crippen MR) is 84.3 cm³/mol. The monoisotopic (exact) mass is 272 g/mol. The van der Waals surface area contributed by atoms with Crippen LogP contribution in [-0.4, -0.2) is 24.2 Å². The highest BCUT2D eigenvalue weighted by atomic mass is 16.5. The zero-order chi connectivity index (χ0) is 14.4. The van der Waals surface area contributed by atoms with Gasteiger partial charge in [0.05, 0.1) is 0 Å². The predicted octanol–water partition coefficient (Wildman–Crippen LogP) is 3.70. The van der Waals surface area contributed by atoms with Crippen molar-refractivity contribution in [2.24, 2.45) is 0 Å². The summed E-state index contributed by atoms with van der Waals surface area (Å²) in [7, 11) is 0. The molecule has 0 bridgehead atoms. The van der Waals surface area contributed by atoms with Crippen LogP contribution in [-0.2, 0) is 0 Å². The third-order valence-electron chi connectivity index (χ3n) is 3.62. The Bertz CT molecular complexity index is 548. The molecule has 2 aromatic rings. The highest BCUT2D eigenvalue weighted by Crippen LogP contribution is 2.28. The van der Waals surface area contributed by atoms with Crippen LogP contribution in [0.1, 0.15) is 32.3 Å². The smallest absolute Gasteiger partial charge is 0.123 e. The molecule has 2 heterocycles. The minimum absolute atomic E-state index is 0.351. The van der Waals surface area contributed by atoms with Crippen molar-refractivity contribution in [2.45, 2.75) is 39.7 Å². The summed E-state index contributed by atoms with van der Waals surface area (Å²) >= 11 is 0. The summed E-state index contributed by atoms with van der Waals surface area (Å²) < 4.78 is 6.13. The molecule has 1 saturated heterocycles. The third-order valence-corrected chi connectivity index (χ3v) is 3.62. The first-order valence-electron chi connectivity index (χ1n) is 7.55. The van der Waals surface area contributed by atoms with E-state index >= 15 is 0 Å². The van der Waals surface area contributed by atoms with Gasteiger partial charge in [-0.05, 0) is 62.0 Å². The minimum Gasteiger partial charge on any atom is -0.490 e. The zero-order valence-corrected chi connectivity index (χ0v) is 12.6. The molecule has 0 aliphatic carbocycles. The van der Waals surface area contributed by atoms with E-state index in [1.165, 1.54) is 16.3 Å². The third kappa shape index (κ3) is 3.28. The minimum atomic E-state index is 0.351.